The first-order chi connectivity index (χ1) is 13.5. The lowest BCUT2D eigenvalue weighted by atomic mass is 10.2. The molecule has 144 valence electrons. The Morgan fingerprint density at radius 3 is 2.14 bits per heavy atom. The minimum Gasteiger partial charge on any atom is -0.432 e. The van der Waals surface area contributed by atoms with Crippen molar-refractivity contribution in [3.05, 3.63) is 89.1 Å². The van der Waals surface area contributed by atoms with Crippen LogP contribution in [0.4, 0.5) is 17.6 Å². The molecule has 0 aliphatic heterocycles. The standard InChI is InChI=1S/C19H13F4N3O2/c20-13-5-1-6-14(21)12(13)10-25-18(26-27)11-4-3-9-24-19(11)28-17-15(22)7-2-8-16(17)23/h1-9,27H,10H2,(H,25,26). The number of ether oxygens (including phenoxy) is 1. The zero-order valence-corrected chi connectivity index (χ0v) is 14.2. The third-order valence-electron chi connectivity index (χ3n) is 3.71. The van der Waals surface area contributed by atoms with Gasteiger partial charge in [0.2, 0.25) is 11.6 Å². The summed E-state index contributed by atoms with van der Waals surface area (Å²) in [4.78, 5) is 7.80. The number of aliphatic imine (C=N–C) groups is 1. The van der Waals surface area contributed by atoms with Crippen molar-refractivity contribution in [1.82, 2.24) is 10.5 Å². The molecule has 2 aromatic carbocycles. The van der Waals surface area contributed by atoms with Crippen molar-refractivity contribution in [2.75, 3.05) is 0 Å². The van der Waals surface area contributed by atoms with E-state index in [0.29, 0.717) is 0 Å². The van der Waals surface area contributed by atoms with Gasteiger partial charge in [-0.05, 0) is 36.4 Å². The number of nitrogens with one attached hydrogen (secondary N) is 1. The van der Waals surface area contributed by atoms with Gasteiger partial charge in [0.25, 0.3) is 0 Å². The van der Waals surface area contributed by atoms with Crippen molar-refractivity contribution < 1.29 is 27.5 Å². The summed E-state index contributed by atoms with van der Waals surface area (Å²) in [6.45, 7) is -0.455. The van der Waals surface area contributed by atoms with Gasteiger partial charge in [-0.2, -0.15) is 0 Å². The third kappa shape index (κ3) is 4.09. The van der Waals surface area contributed by atoms with Crippen LogP contribution in [0, 0.1) is 23.3 Å². The zero-order valence-electron chi connectivity index (χ0n) is 14.2. The first kappa shape index (κ1) is 19.3. The fourth-order valence-corrected chi connectivity index (χ4v) is 2.35. The van der Waals surface area contributed by atoms with Crippen molar-refractivity contribution in [3.8, 4) is 11.6 Å². The smallest absolute Gasteiger partial charge is 0.230 e. The summed E-state index contributed by atoms with van der Waals surface area (Å²) in [5, 5.41) is 9.40. The van der Waals surface area contributed by atoms with E-state index in [2.05, 4.69) is 9.98 Å². The van der Waals surface area contributed by atoms with Crippen LogP contribution in [0.15, 0.2) is 59.7 Å². The molecule has 2 N–H and O–H groups in total. The van der Waals surface area contributed by atoms with Crippen LogP contribution in [0.3, 0.4) is 0 Å². The number of amidine groups is 1. The molecular formula is C19H13F4N3O2. The summed E-state index contributed by atoms with van der Waals surface area (Å²) in [5.74, 6) is -4.77. The third-order valence-corrected chi connectivity index (χ3v) is 3.71. The molecule has 0 amide bonds. The number of pyridine rings is 1. The van der Waals surface area contributed by atoms with Gasteiger partial charge in [0.15, 0.2) is 17.5 Å². The van der Waals surface area contributed by atoms with Crippen LogP contribution in [0.25, 0.3) is 0 Å². The maximum Gasteiger partial charge on any atom is 0.230 e. The Morgan fingerprint density at radius 1 is 0.929 bits per heavy atom. The fourth-order valence-electron chi connectivity index (χ4n) is 2.35. The maximum absolute atomic E-state index is 13.8. The van der Waals surface area contributed by atoms with E-state index >= 15 is 0 Å². The lowest BCUT2D eigenvalue weighted by Gasteiger charge is -2.12. The van der Waals surface area contributed by atoms with Gasteiger partial charge >= 0.3 is 0 Å². The normalized spacial score (nSPS) is 11.4. The molecule has 0 atom stereocenters. The van der Waals surface area contributed by atoms with Gasteiger partial charge in [0.1, 0.15) is 11.6 Å². The van der Waals surface area contributed by atoms with Gasteiger partial charge in [-0.15, -0.1) is 0 Å². The molecule has 3 rings (SSSR count). The molecule has 9 heteroatoms. The maximum atomic E-state index is 13.8. The van der Waals surface area contributed by atoms with Crippen LogP contribution in [-0.4, -0.2) is 16.0 Å². The molecule has 5 nitrogen and oxygen atoms in total. The van der Waals surface area contributed by atoms with Crippen LogP contribution >= 0.6 is 0 Å². The van der Waals surface area contributed by atoms with E-state index in [1.165, 1.54) is 30.5 Å². The molecule has 0 aliphatic rings. The van der Waals surface area contributed by atoms with Crippen molar-refractivity contribution in [1.29, 1.82) is 0 Å². The molecule has 0 saturated heterocycles. The van der Waals surface area contributed by atoms with Crippen LogP contribution in [-0.2, 0) is 6.54 Å². The van der Waals surface area contributed by atoms with Gasteiger partial charge in [-0.1, -0.05) is 12.1 Å². The Bertz CT molecular complexity index is 987. The van der Waals surface area contributed by atoms with Gasteiger partial charge in [-0.3, -0.25) is 15.7 Å². The molecule has 0 spiro atoms. The van der Waals surface area contributed by atoms with Crippen LogP contribution in [0.5, 0.6) is 11.6 Å². The quantitative estimate of drug-likeness (QED) is 0.294. The molecular weight excluding hydrogens is 378 g/mol. The van der Waals surface area contributed by atoms with Crippen molar-refractivity contribution >= 4 is 5.84 Å². The number of halogens is 4. The summed E-state index contributed by atoms with van der Waals surface area (Å²) in [6.07, 6.45) is 1.29. The largest absolute Gasteiger partial charge is 0.432 e. The molecule has 0 aliphatic carbocycles. The molecule has 1 aromatic heterocycles. The van der Waals surface area contributed by atoms with Crippen molar-refractivity contribution in [2.24, 2.45) is 4.99 Å². The van der Waals surface area contributed by atoms with Gasteiger partial charge < -0.3 is 4.74 Å². The second-order valence-corrected chi connectivity index (χ2v) is 5.49. The Kier molecular flexibility index (Phi) is 5.85. The fraction of sp³-hybridized carbons (Fsp3) is 0.0526. The lowest BCUT2D eigenvalue weighted by molar-refractivity contribution is 0.234. The molecule has 0 radical (unpaired) electrons. The number of hydroxylamine groups is 1. The second kappa shape index (κ2) is 8.49. The predicted octanol–water partition coefficient (Wildman–Crippen LogP) is 4.36. The zero-order chi connectivity index (χ0) is 20.1. The number of benzene rings is 2. The van der Waals surface area contributed by atoms with Crippen molar-refractivity contribution in [3.63, 3.8) is 0 Å². The highest BCUT2D eigenvalue weighted by atomic mass is 19.1. The minimum absolute atomic E-state index is 0.0180. The Morgan fingerprint density at radius 2 is 1.54 bits per heavy atom. The van der Waals surface area contributed by atoms with E-state index < -0.39 is 35.6 Å². The minimum atomic E-state index is -0.958. The second-order valence-electron chi connectivity index (χ2n) is 5.49. The van der Waals surface area contributed by atoms with Crippen molar-refractivity contribution in [2.45, 2.75) is 6.54 Å². The number of hydrogen-bond acceptors (Lipinski definition) is 4. The number of para-hydroxylation sites is 1. The highest BCUT2D eigenvalue weighted by Gasteiger charge is 2.17. The van der Waals surface area contributed by atoms with E-state index in [-0.39, 0.29) is 22.8 Å². The van der Waals surface area contributed by atoms with Gasteiger partial charge in [0, 0.05) is 11.8 Å². The molecule has 3 aromatic rings. The van der Waals surface area contributed by atoms with E-state index in [1.54, 1.807) is 5.48 Å². The number of aromatic nitrogens is 1. The molecule has 0 saturated carbocycles. The molecule has 0 fully saturated rings. The highest BCUT2D eigenvalue weighted by Crippen LogP contribution is 2.28. The molecule has 0 bridgehead atoms. The molecule has 0 unspecified atom stereocenters. The van der Waals surface area contributed by atoms with E-state index in [9.17, 15) is 22.8 Å². The van der Waals surface area contributed by atoms with Crippen LogP contribution in [0.2, 0.25) is 0 Å². The van der Waals surface area contributed by atoms with E-state index in [1.807, 2.05) is 0 Å². The highest BCUT2D eigenvalue weighted by molar-refractivity contribution is 6.00. The Balaban J connectivity index is 1.96. The predicted molar refractivity (Wildman–Crippen MR) is 92.2 cm³/mol. The average molecular weight is 391 g/mol. The lowest BCUT2D eigenvalue weighted by Crippen LogP contribution is -2.22. The topological polar surface area (TPSA) is 66.7 Å². The van der Waals surface area contributed by atoms with Crippen LogP contribution < -0.4 is 10.2 Å². The molecule has 1 heterocycles. The number of nitrogens with zero attached hydrogens (tertiary/aromatic N) is 2. The SMILES string of the molecule is ONC(=NCc1c(F)cccc1F)c1cccnc1Oc1c(F)cccc1F. The average Bonchev–Trinajstić information content (AvgIpc) is 2.68. The first-order valence-electron chi connectivity index (χ1n) is 7.96. The Labute approximate surface area is 156 Å². The van der Waals surface area contributed by atoms with Gasteiger partial charge in [-0.25, -0.2) is 22.5 Å². The summed E-state index contributed by atoms with van der Waals surface area (Å²) in [6, 6.07) is 9.36. The molecule has 28 heavy (non-hydrogen) atoms. The summed E-state index contributed by atoms with van der Waals surface area (Å²) in [5.41, 5.74) is 1.48. The van der Waals surface area contributed by atoms with Crippen LogP contribution in [0.1, 0.15) is 11.1 Å². The monoisotopic (exact) mass is 391 g/mol. The summed E-state index contributed by atoms with van der Waals surface area (Å²) >= 11 is 0. The van der Waals surface area contributed by atoms with E-state index in [4.69, 9.17) is 4.74 Å². The van der Waals surface area contributed by atoms with Gasteiger partial charge in [0.05, 0.1) is 12.1 Å². The summed E-state index contributed by atoms with van der Waals surface area (Å²) in [7, 11) is 0. The first-order valence-corrected chi connectivity index (χ1v) is 7.96. The Hall–Kier alpha value is -3.46. The number of rotatable bonds is 5. The summed E-state index contributed by atoms with van der Waals surface area (Å²) < 4.78 is 60.4. The van der Waals surface area contributed by atoms with E-state index in [0.717, 1.165) is 24.3 Å². The number of hydrogen-bond donors (Lipinski definition) is 2.